The van der Waals surface area contributed by atoms with Crippen LogP contribution >= 0.6 is 11.6 Å². The van der Waals surface area contributed by atoms with Crippen molar-refractivity contribution in [3.8, 4) is 0 Å². The van der Waals surface area contributed by atoms with Gasteiger partial charge in [0.05, 0.1) is 0 Å². The van der Waals surface area contributed by atoms with Crippen LogP contribution in [0.25, 0.3) is 0 Å². The first-order valence-electron chi connectivity index (χ1n) is 7.09. The van der Waals surface area contributed by atoms with E-state index < -0.39 is 0 Å². The van der Waals surface area contributed by atoms with Gasteiger partial charge in [-0.1, -0.05) is 53.6 Å². The van der Waals surface area contributed by atoms with Gasteiger partial charge in [-0.3, -0.25) is 0 Å². The summed E-state index contributed by atoms with van der Waals surface area (Å²) >= 11 is 6.32. The summed E-state index contributed by atoms with van der Waals surface area (Å²) in [5.74, 6) is 0.428. The molecule has 0 aliphatic heterocycles. The van der Waals surface area contributed by atoms with E-state index in [1.807, 2.05) is 6.07 Å². The maximum absolute atomic E-state index is 6.32. The van der Waals surface area contributed by atoms with E-state index in [0.717, 1.165) is 17.9 Å². The van der Waals surface area contributed by atoms with Gasteiger partial charge in [-0.15, -0.1) is 0 Å². The molecular formula is C18H22ClN. The number of hydrogen-bond acceptors (Lipinski definition) is 1. The third-order valence-electron chi connectivity index (χ3n) is 3.66. The van der Waals surface area contributed by atoms with Crippen molar-refractivity contribution >= 4 is 11.6 Å². The van der Waals surface area contributed by atoms with Crippen molar-refractivity contribution in [1.82, 2.24) is 0 Å². The Kier molecular flexibility index (Phi) is 5.22. The van der Waals surface area contributed by atoms with Crippen LogP contribution in [0.15, 0.2) is 42.5 Å². The van der Waals surface area contributed by atoms with Crippen LogP contribution in [0.4, 0.5) is 0 Å². The van der Waals surface area contributed by atoms with Gasteiger partial charge in [-0.05, 0) is 61.9 Å². The van der Waals surface area contributed by atoms with Crippen molar-refractivity contribution in [1.29, 1.82) is 0 Å². The van der Waals surface area contributed by atoms with E-state index in [0.29, 0.717) is 12.5 Å². The number of halogens is 1. The summed E-state index contributed by atoms with van der Waals surface area (Å²) in [6.45, 7) is 4.86. The summed E-state index contributed by atoms with van der Waals surface area (Å²) < 4.78 is 0. The summed E-state index contributed by atoms with van der Waals surface area (Å²) in [6, 6.07) is 14.9. The Hall–Kier alpha value is -1.31. The molecule has 106 valence electrons. The lowest BCUT2D eigenvalue weighted by Crippen LogP contribution is -2.19. The van der Waals surface area contributed by atoms with Gasteiger partial charge in [-0.2, -0.15) is 0 Å². The molecule has 20 heavy (non-hydrogen) atoms. The fraction of sp³-hybridized carbons (Fsp3) is 0.333. The van der Waals surface area contributed by atoms with Crippen LogP contribution in [0.1, 0.15) is 22.3 Å². The number of aryl methyl sites for hydroxylation is 2. The zero-order valence-corrected chi connectivity index (χ0v) is 13.0. The molecule has 0 fully saturated rings. The van der Waals surface area contributed by atoms with Gasteiger partial charge in [0.2, 0.25) is 0 Å². The predicted molar refractivity (Wildman–Crippen MR) is 87.3 cm³/mol. The van der Waals surface area contributed by atoms with Gasteiger partial charge in [0.15, 0.2) is 0 Å². The van der Waals surface area contributed by atoms with E-state index in [2.05, 4.69) is 50.2 Å². The molecule has 2 N–H and O–H groups in total. The molecular weight excluding hydrogens is 266 g/mol. The highest BCUT2D eigenvalue weighted by Crippen LogP contribution is 2.22. The summed E-state index contributed by atoms with van der Waals surface area (Å²) in [7, 11) is 0. The lowest BCUT2D eigenvalue weighted by atomic mass is 9.92. The van der Waals surface area contributed by atoms with E-state index in [1.54, 1.807) is 0 Å². The maximum atomic E-state index is 6.32. The largest absolute Gasteiger partial charge is 0.330 e. The van der Waals surface area contributed by atoms with Crippen LogP contribution in [0, 0.1) is 19.8 Å². The second kappa shape index (κ2) is 6.92. The molecule has 0 heterocycles. The summed E-state index contributed by atoms with van der Waals surface area (Å²) in [4.78, 5) is 0. The first kappa shape index (κ1) is 15.1. The van der Waals surface area contributed by atoms with E-state index in [4.69, 9.17) is 17.3 Å². The normalized spacial score (nSPS) is 12.4. The van der Waals surface area contributed by atoms with Crippen molar-refractivity contribution < 1.29 is 0 Å². The standard InChI is InChI=1S/C18H22ClN/c1-13-4-3-5-15(8-13)10-16(12-20)11-17-7-6-14(2)9-18(17)19/h3-9,16H,10-12,20H2,1-2H3. The van der Waals surface area contributed by atoms with E-state index in [1.165, 1.54) is 22.3 Å². The van der Waals surface area contributed by atoms with Crippen LogP contribution in [0.3, 0.4) is 0 Å². The third kappa shape index (κ3) is 4.09. The Bertz CT molecular complexity index is 577. The van der Waals surface area contributed by atoms with Crippen LogP contribution < -0.4 is 5.73 Å². The summed E-state index contributed by atoms with van der Waals surface area (Å²) in [6.07, 6.45) is 1.94. The quantitative estimate of drug-likeness (QED) is 0.871. The number of hydrogen-bond donors (Lipinski definition) is 1. The Morgan fingerprint density at radius 2 is 1.75 bits per heavy atom. The second-order valence-corrected chi connectivity index (χ2v) is 6.00. The molecule has 0 aliphatic carbocycles. The van der Waals surface area contributed by atoms with Crippen molar-refractivity contribution in [2.24, 2.45) is 11.7 Å². The minimum Gasteiger partial charge on any atom is -0.330 e. The minimum atomic E-state index is 0.428. The van der Waals surface area contributed by atoms with Crippen LogP contribution in [-0.4, -0.2) is 6.54 Å². The van der Waals surface area contributed by atoms with Gasteiger partial charge in [0.25, 0.3) is 0 Å². The average molecular weight is 288 g/mol. The third-order valence-corrected chi connectivity index (χ3v) is 4.01. The SMILES string of the molecule is Cc1cccc(CC(CN)Cc2ccc(C)cc2Cl)c1. The molecule has 1 atom stereocenters. The molecule has 0 radical (unpaired) electrons. The molecule has 0 saturated carbocycles. The number of nitrogens with two attached hydrogens (primary N) is 1. The molecule has 1 nitrogen and oxygen atoms in total. The average Bonchev–Trinajstić information content (AvgIpc) is 2.41. The highest BCUT2D eigenvalue weighted by molar-refractivity contribution is 6.31. The molecule has 0 aromatic heterocycles. The topological polar surface area (TPSA) is 26.0 Å². The van der Waals surface area contributed by atoms with Gasteiger partial charge in [-0.25, -0.2) is 0 Å². The summed E-state index contributed by atoms with van der Waals surface area (Å²) in [5.41, 5.74) is 11.0. The lowest BCUT2D eigenvalue weighted by molar-refractivity contribution is 0.533. The molecule has 2 rings (SSSR count). The second-order valence-electron chi connectivity index (χ2n) is 5.59. The molecule has 0 bridgehead atoms. The smallest absolute Gasteiger partial charge is 0.0440 e. The minimum absolute atomic E-state index is 0.428. The van der Waals surface area contributed by atoms with Gasteiger partial charge >= 0.3 is 0 Å². The van der Waals surface area contributed by atoms with Crippen molar-refractivity contribution in [2.45, 2.75) is 26.7 Å². The van der Waals surface area contributed by atoms with E-state index in [-0.39, 0.29) is 0 Å². The molecule has 2 aromatic rings. The molecule has 2 heteroatoms. The van der Waals surface area contributed by atoms with Crippen LogP contribution in [-0.2, 0) is 12.8 Å². The first-order valence-corrected chi connectivity index (χ1v) is 7.47. The molecule has 1 unspecified atom stereocenters. The Labute approximate surface area is 126 Å². The highest BCUT2D eigenvalue weighted by atomic mass is 35.5. The van der Waals surface area contributed by atoms with Crippen molar-refractivity contribution in [3.05, 3.63) is 69.7 Å². The monoisotopic (exact) mass is 287 g/mol. The van der Waals surface area contributed by atoms with Crippen molar-refractivity contribution in [2.75, 3.05) is 6.54 Å². The molecule has 0 saturated heterocycles. The van der Waals surface area contributed by atoms with Crippen LogP contribution in [0.5, 0.6) is 0 Å². The molecule has 0 amide bonds. The van der Waals surface area contributed by atoms with E-state index >= 15 is 0 Å². The number of benzene rings is 2. The Morgan fingerprint density at radius 1 is 1.00 bits per heavy atom. The van der Waals surface area contributed by atoms with Gasteiger partial charge in [0.1, 0.15) is 0 Å². The predicted octanol–water partition coefficient (Wildman–Crippen LogP) is 4.32. The molecule has 0 aliphatic rings. The fourth-order valence-electron chi connectivity index (χ4n) is 2.54. The number of rotatable bonds is 5. The first-order chi connectivity index (χ1) is 9.58. The van der Waals surface area contributed by atoms with E-state index in [9.17, 15) is 0 Å². The molecule has 0 spiro atoms. The van der Waals surface area contributed by atoms with Gasteiger partial charge < -0.3 is 5.73 Å². The Balaban J connectivity index is 2.09. The molecule has 2 aromatic carbocycles. The van der Waals surface area contributed by atoms with Crippen LogP contribution in [0.2, 0.25) is 5.02 Å². The van der Waals surface area contributed by atoms with Gasteiger partial charge in [0, 0.05) is 5.02 Å². The zero-order chi connectivity index (χ0) is 14.5. The maximum Gasteiger partial charge on any atom is 0.0440 e. The summed E-state index contributed by atoms with van der Waals surface area (Å²) in [5, 5.41) is 0.854. The Morgan fingerprint density at radius 3 is 2.40 bits per heavy atom. The van der Waals surface area contributed by atoms with Crippen molar-refractivity contribution in [3.63, 3.8) is 0 Å². The lowest BCUT2D eigenvalue weighted by Gasteiger charge is -2.16. The zero-order valence-electron chi connectivity index (χ0n) is 12.2. The fourth-order valence-corrected chi connectivity index (χ4v) is 2.85. The highest BCUT2D eigenvalue weighted by Gasteiger charge is 2.11.